The molecule has 130 valence electrons. The van der Waals surface area contributed by atoms with Gasteiger partial charge in [-0.1, -0.05) is 50.0 Å². The fraction of sp³-hybridized carbons (Fsp3) is 0.278. The fourth-order valence-electron chi connectivity index (χ4n) is 2.13. The van der Waals surface area contributed by atoms with Crippen molar-refractivity contribution in [3.63, 3.8) is 0 Å². The van der Waals surface area contributed by atoms with Crippen molar-refractivity contribution in [3.05, 3.63) is 53.4 Å². The number of ketones is 1. The van der Waals surface area contributed by atoms with Crippen LogP contribution in [-0.4, -0.2) is 10.4 Å². The summed E-state index contributed by atoms with van der Waals surface area (Å²) < 4.78 is 1.98. The highest BCUT2D eigenvalue weighted by Gasteiger charge is 2.27. The summed E-state index contributed by atoms with van der Waals surface area (Å²) >= 11 is 13.4. The van der Waals surface area contributed by atoms with Crippen LogP contribution in [0.4, 0.5) is 0 Å². The van der Waals surface area contributed by atoms with Crippen molar-refractivity contribution in [3.8, 4) is 6.07 Å². The molecule has 0 atom stereocenters. The first-order chi connectivity index (χ1) is 11.6. The summed E-state index contributed by atoms with van der Waals surface area (Å²) in [6.45, 7) is 5.19. The summed E-state index contributed by atoms with van der Waals surface area (Å²) in [5.41, 5.74) is -0.537. The third kappa shape index (κ3) is 3.87. The van der Waals surface area contributed by atoms with Gasteiger partial charge in [-0.2, -0.15) is 5.26 Å². The second kappa shape index (κ2) is 7.17. The van der Waals surface area contributed by atoms with Crippen LogP contribution < -0.4 is 14.8 Å². The van der Waals surface area contributed by atoms with Crippen molar-refractivity contribution in [2.75, 3.05) is 0 Å². The van der Waals surface area contributed by atoms with Crippen molar-refractivity contribution in [1.82, 2.24) is 4.57 Å². The van der Waals surface area contributed by atoms with Gasteiger partial charge >= 0.3 is 0 Å². The van der Waals surface area contributed by atoms with E-state index in [4.69, 9.17) is 23.2 Å². The Morgan fingerprint density at radius 1 is 1.28 bits per heavy atom. The zero-order chi connectivity index (χ0) is 18.9. The molecule has 2 aromatic rings. The molecule has 0 saturated heterocycles. The zero-order valence-corrected chi connectivity index (χ0v) is 16.5. The Morgan fingerprint density at radius 2 is 1.84 bits per heavy atom. The molecule has 0 saturated carbocycles. The summed E-state index contributed by atoms with van der Waals surface area (Å²) in [6, 6.07) is 7.01. The lowest BCUT2D eigenvalue weighted by Crippen LogP contribution is -2.32. The topological polar surface area (TPSA) is 62.9 Å². The Labute approximate surface area is 159 Å². The molecule has 0 N–H and O–H groups in total. The molecule has 1 aromatic carbocycles. The lowest BCUT2D eigenvalue weighted by atomic mass is 9.87. The lowest BCUT2D eigenvalue weighted by molar-refractivity contribution is -0.120. The number of thiazole rings is 1. The molecule has 0 amide bonds. The predicted octanol–water partition coefficient (Wildman–Crippen LogP) is 2.87. The summed E-state index contributed by atoms with van der Waals surface area (Å²) in [5, 5.41) is 10.3. The first-order valence-electron chi connectivity index (χ1n) is 7.38. The van der Waals surface area contributed by atoms with E-state index in [1.54, 1.807) is 45.0 Å². The number of halogens is 2. The summed E-state index contributed by atoms with van der Waals surface area (Å²) in [5.74, 6) is -0.311. The van der Waals surface area contributed by atoms with Gasteiger partial charge in [-0.15, -0.1) is 11.3 Å². The van der Waals surface area contributed by atoms with Crippen molar-refractivity contribution < 1.29 is 4.79 Å². The van der Waals surface area contributed by atoms with Crippen LogP contribution in [0.2, 0.25) is 10.0 Å². The van der Waals surface area contributed by atoms with E-state index in [-0.39, 0.29) is 16.9 Å². The summed E-state index contributed by atoms with van der Waals surface area (Å²) in [7, 11) is 1.53. The van der Waals surface area contributed by atoms with Gasteiger partial charge < -0.3 is 4.57 Å². The first-order valence-corrected chi connectivity index (χ1v) is 8.96. The van der Waals surface area contributed by atoms with E-state index in [0.717, 1.165) is 11.3 Å². The number of aromatic nitrogens is 1. The van der Waals surface area contributed by atoms with Gasteiger partial charge in [0.05, 0.1) is 4.53 Å². The highest BCUT2D eigenvalue weighted by molar-refractivity contribution is 7.07. The number of benzene rings is 1. The number of hydrogen-bond acceptors (Lipinski definition) is 4. The second-order valence-electron chi connectivity index (χ2n) is 6.48. The third-order valence-corrected chi connectivity index (χ3v) is 5.38. The van der Waals surface area contributed by atoms with Crippen molar-refractivity contribution >= 4 is 52.0 Å². The number of Topliss-reactive ketones (excluding diaryl/α,β-unsaturated/α-hetero) is 1. The smallest absolute Gasteiger partial charge is 0.268 e. The zero-order valence-electron chi connectivity index (χ0n) is 14.2. The molecule has 0 aliphatic heterocycles. The molecular formula is C18H16Cl2N2O2S. The monoisotopic (exact) mass is 394 g/mol. The van der Waals surface area contributed by atoms with Crippen molar-refractivity contribution in [1.29, 1.82) is 5.26 Å². The highest BCUT2D eigenvalue weighted by atomic mass is 35.5. The van der Waals surface area contributed by atoms with E-state index in [2.05, 4.69) is 0 Å². The molecule has 0 unspecified atom stereocenters. The fourth-order valence-corrected chi connectivity index (χ4v) is 3.71. The maximum Gasteiger partial charge on any atom is 0.268 e. The van der Waals surface area contributed by atoms with Crippen LogP contribution in [0.15, 0.2) is 23.0 Å². The number of nitrogens with zero attached hydrogens (tertiary/aromatic N) is 2. The molecule has 0 spiro atoms. The van der Waals surface area contributed by atoms with E-state index in [9.17, 15) is 14.9 Å². The minimum Gasteiger partial charge on any atom is -0.301 e. The average Bonchev–Trinajstić information content (AvgIpc) is 2.79. The first kappa shape index (κ1) is 19.5. The molecule has 1 heterocycles. The quantitative estimate of drug-likeness (QED) is 0.786. The van der Waals surface area contributed by atoms with E-state index in [1.807, 2.05) is 6.07 Å². The normalized spacial score (nSPS) is 13.6. The number of carbonyl (C=O) groups excluding carboxylic acids is 1. The molecule has 2 rings (SSSR count). The molecule has 25 heavy (non-hydrogen) atoms. The van der Waals surface area contributed by atoms with Crippen LogP contribution in [0, 0.1) is 16.7 Å². The molecule has 0 aliphatic carbocycles. The summed E-state index contributed by atoms with van der Waals surface area (Å²) in [4.78, 5) is 25.0. The van der Waals surface area contributed by atoms with E-state index >= 15 is 0 Å². The van der Waals surface area contributed by atoms with E-state index in [0.29, 0.717) is 24.8 Å². The third-order valence-electron chi connectivity index (χ3n) is 3.54. The van der Waals surface area contributed by atoms with Gasteiger partial charge in [0, 0.05) is 28.1 Å². The van der Waals surface area contributed by atoms with E-state index in [1.165, 1.54) is 11.6 Å². The molecule has 7 heteroatoms. The minimum atomic E-state index is -0.721. The van der Waals surface area contributed by atoms with Crippen LogP contribution in [-0.2, 0) is 11.8 Å². The van der Waals surface area contributed by atoms with Gasteiger partial charge in [0.15, 0.2) is 5.78 Å². The van der Waals surface area contributed by atoms with Crippen molar-refractivity contribution in [2.45, 2.75) is 20.8 Å². The van der Waals surface area contributed by atoms with Gasteiger partial charge in [-0.25, -0.2) is 0 Å². The Balaban J connectivity index is 2.85. The number of carbonyl (C=O) groups is 1. The molecular weight excluding hydrogens is 379 g/mol. The van der Waals surface area contributed by atoms with Crippen LogP contribution >= 0.6 is 34.5 Å². The maximum atomic E-state index is 12.5. The van der Waals surface area contributed by atoms with Crippen LogP contribution in [0.25, 0.3) is 11.6 Å². The lowest BCUT2D eigenvalue weighted by Gasteiger charge is -2.15. The SMILES string of the molecule is Cn1c(=C(C#N)C(=O)C(C)(C)C)sc(=Cc2c(Cl)cccc2Cl)c1=O. The van der Waals surface area contributed by atoms with Gasteiger partial charge in [0.2, 0.25) is 0 Å². The maximum absolute atomic E-state index is 12.5. The van der Waals surface area contributed by atoms with Crippen molar-refractivity contribution in [2.24, 2.45) is 12.5 Å². The second-order valence-corrected chi connectivity index (χ2v) is 8.33. The van der Waals surface area contributed by atoms with Gasteiger partial charge in [-0.3, -0.25) is 9.59 Å². The Bertz CT molecular complexity index is 1050. The number of nitriles is 1. The molecule has 0 fully saturated rings. The summed E-state index contributed by atoms with van der Waals surface area (Å²) in [6.07, 6.45) is 1.58. The van der Waals surface area contributed by atoms with Crippen LogP contribution in [0.3, 0.4) is 0 Å². The average molecular weight is 395 g/mol. The number of rotatable bonds is 2. The van der Waals surface area contributed by atoms with Gasteiger partial charge in [-0.05, 0) is 18.2 Å². The minimum absolute atomic E-state index is 0.0259. The van der Waals surface area contributed by atoms with Crippen LogP contribution in [0.5, 0.6) is 0 Å². The van der Waals surface area contributed by atoms with Gasteiger partial charge in [0.25, 0.3) is 5.56 Å². The predicted molar refractivity (Wildman–Crippen MR) is 102 cm³/mol. The molecule has 0 radical (unpaired) electrons. The Kier molecular flexibility index (Phi) is 5.58. The Hall–Kier alpha value is -1.87. The van der Waals surface area contributed by atoms with E-state index < -0.39 is 5.41 Å². The highest BCUT2D eigenvalue weighted by Crippen LogP contribution is 2.24. The molecule has 4 nitrogen and oxygen atoms in total. The van der Waals surface area contributed by atoms with Crippen LogP contribution in [0.1, 0.15) is 26.3 Å². The van der Waals surface area contributed by atoms with Gasteiger partial charge in [0.1, 0.15) is 16.3 Å². The molecule has 1 aromatic heterocycles. The molecule has 0 aliphatic rings. The Morgan fingerprint density at radius 3 is 2.32 bits per heavy atom. The largest absolute Gasteiger partial charge is 0.301 e. The number of hydrogen-bond donors (Lipinski definition) is 0. The molecule has 0 bridgehead atoms. The standard InChI is InChI=1S/C18H16Cl2N2O2S/c1-18(2,3)15(23)11(9-21)17-22(4)16(24)14(25-17)8-10-12(19)6-5-7-13(10)20/h5-8H,1-4H3.